The van der Waals surface area contributed by atoms with E-state index in [-0.39, 0.29) is 5.91 Å². The molecule has 1 rings (SSSR count). The second kappa shape index (κ2) is 5.83. The first kappa shape index (κ1) is 13.0. The zero-order valence-corrected chi connectivity index (χ0v) is 11.1. The van der Waals surface area contributed by atoms with Crippen LogP contribution in [-0.2, 0) is 9.53 Å². The highest BCUT2D eigenvalue weighted by Crippen LogP contribution is 2.06. The van der Waals surface area contributed by atoms with E-state index in [9.17, 15) is 9.59 Å². The predicted octanol–water partition coefficient (Wildman–Crippen LogP) is 1.58. The van der Waals surface area contributed by atoms with Gasteiger partial charge in [0.15, 0.2) is 0 Å². The summed E-state index contributed by atoms with van der Waals surface area (Å²) in [4.78, 5) is 22.8. The quantitative estimate of drug-likeness (QED) is 0.675. The number of esters is 1. The first-order valence-corrected chi connectivity index (χ1v) is 5.76. The number of halogens is 1. The van der Waals surface area contributed by atoms with Crippen molar-refractivity contribution < 1.29 is 14.3 Å². The molecule has 1 aromatic rings. The van der Waals surface area contributed by atoms with Crippen molar-refractivity contribution >= 4 is 34.5 Å². The molecule has 0 aliphatic rings. The Bertz CT molecular complexity index is 389. The smallest absolute Gasteiger partial charge is 0.328 e. The summed E-state index contributed by atoms with van der Waals surface area (Å²) in [6, 6.07) is 6.44. The average Bonchev–Trinajstić information content (AvgIpc) is 2.28. The number of hydrogen-bond acceptors (Lipinski definition) is 3. The number of carbonyl (C=O) groups excluding carboxylic acids is 2. The Morgan fingerprint density at radius 3 is 2.38 bits per heavy atom. The highest BCUT2D eigenvalue weighted by Gasteiger charge is 2.16. The summed E-state index contributed by atoms with van der Waals surface area (Å²) in [5.74, 6) is -0.742. The lowest BCUT2D eigenvalue weighted by Gasteiger charge is -2.11. The fourth-order valence-electron chi connectivity index (χ4n) is 1.12. The largest absolute Gasteiger partial charge is 0.467 e. The van der Waals surface area contributed by atoms with E-state index in [1.54, 1.807) is 19.1 Å². The fraction of sp³-hybridized carbons (Fsp3) is 0.273. The Hall–Kier alpha value is -1.11. The van der Waals surface area contributed by atoms with Crippen molar-refractivity contribution in [3.8, 4) is 0 Å². The predicted molar refractivity (Wildman–Crippen MR) is 68.1 cm³/mol. The summed E-state index contributed by atoms with van der Waals surface area (Å²) < 4.78 is 5.56. The van der Waals surface area contributed by atoms with E-state index in [1.165, 1.54) is 7.11 Å². The van der Waals surface area contributed by atoms with Crippen LogP contribution in [0.25, 0.3) is 0 Å². The van der Waals surface area contributed by atoms with Crippen molar-refractivity contribution in [2.24, 2.45) is 0 Å². The van der Waals surface area contributed by atoms with Gasteiger partial charge in [-0.15, -0.1) is 0 Å². The Morgan fingerprint density at radius 1 is 1.31 bits per heavy atom. The van der Waals surface area contributed by atoms with Gasteiger partial charge in [0.05, 0.1) is 7.11 Å². The van der Waals surface area contributed by atoms with Crippen molar-refractivity contribution in [2.75, 3.05) is 7.11 Å². The third-order valence-electron chi connectivity index (χ3n) is 2.01. The molecule has 0 aliphatic heterocycles. The van der Waals surface area contributed by atoms with Crippen LogP contribution in [0.4, 0.5) is 0 Å². The van der Waals surface area contributed by atoms with E-state index in [2.05, 4.69) is 32.6 Å². The highest BCUT2D eigenvalue weighted by molar-refractivity contribution is 14.1. The maximum Gasteiger partial charge on any atom is 0.328 e. The van der Waals surface area contributed by atoms with Gasteiger partial charge in [-0.3, -0.25) is 4.79 Å². The lowest BCUT2D eigenvalue weighted by molar-refractivity contribution is -0.142. The zero-order chi connectivity index (χ0) is 12.1. The van der Waals surface area contributed by atoms with Crippen LogP contribution in [0.15, 0.2) is 24.3 Å². The lowest BCUT2D eigenvalue weighted by atomic mass is 10.2. The van der Waals surface area contributed by atoms with Gasteiger partial charge in [0.1, 0.15) is 6.04 Å². The minimum Gasteiger partial charge on any atom is -0.467 e. The number of nitrogens with one attached hydrogen (secondary N) is 1. The molecule has 4 nitrogen and oxygen atoms in total. The highest BCUT2D eigenvalue weighted by atomic mass is 127. The van der Waals surface area contributed by atoms with Crippen LogP contribution in [0.5, 0.6) is 0 Å². The molecule has 0 aromatic heterocycles. The van der Waals surface area contributed by atoms with Gasteiger partial charge in [0.25, 0.3) is 5.91 Å². The molecule has 0 bridgehead atoms. The summed E-state index contributed by atoms with van der Waals surface area (Å²) in [7, 11) is 1.29. The van der Waals surface area contributed by atoms with E-state index >= 15 is 0 Å². The minimum atomic E-state index is -0.642. The number of hydrogen-bond donors (Lipinski definition) is 1. The van der Waals surface area contributed by atoms with Gasteiger partial charge in [0, 0.05) is 9.13 Å². The molecular weight excluding hydrogens is 321 g/mol. The van der Waals surface area contributed by atoms with Crippen molar-refractivity contribution in [1.29, 1.82) is 0 Å². The van der Waals surface area contributed by atoms with Gasteiger partial charge in [-0.1, -0.05) is 0 Å². The Balaban J connectivity index is 2.65. The van der Waals surface area contributed by atoms with Crippen LogP contribution < -0.4 is 5.32 Å². The third kappa shape index (κ3) is 3.48. The molecule has 86 valence electrons. The van der Waals surface area contributed by atoms with Crippen molar-refractivity contribution in [3.63, 3.8) is 0 Å². The molecule has 0 saturated heterocycles. The molecule has 0 spiro atoms. The molecule has 0 saturated carbocycles. The maximum atomic E-state index is 11.7. The molecule has 1 aromatic carbocycles. The summed E-state index contributed by atoms with van der Waals surface area (Å²) in [5, 5.41) is 2.55. The number of amides is 1. The van der Waals surface area contributed by atoms with Gasteiger partial charge in [0.2, 0.25) is 0 Å². The van der Waals surface area contributed by atoms with Gasteiger partial charge in [-0.05, 0) is 53.8 Å². The summed E-state index contributed by atoms with van der Waals surface area (Å²) in [5.41, 5.74) is 0.524. The van der Waals surface area contributed by atoms with E-state index in [0.29, 0.717) is 5.56 Å². The van der Waals surface area contributed by atoms with Gasteiger partial charge in [-0.2, -0.15) is 0 Å². The molecular formula is C11H12INO3. The van der Waals surface area contributed by atoms with Crippen molar-refractivity contribution in [3.05, 3.63) is 33.4 Å². The molecule has 0 unspecified atom stereocenters. The standard InChI is InChI=1S/C11H12INO3/c1-7(11(15)16-2)13-10(14)8-3-5-9(12)6-4-8/h3-7H,1-2H3,(H,13,14)/t7-/m0/s1. The van der Waals surface area contributed by atoms with Crippen LogP contribution in [0.2, 0.25) is 0 Å². The van der Waals surface area contributed by atoms with Gasteiger partial charge in [-0.25, -0.2) is 4.79 Å². The van der Waals surface area contributed by atoms with Crippen LogP contribution in [0, 0.1) is 3.57 Å². The molecule has 1 N–H and O–H groups in total. The molecule has 1 amide bonds. The van der Waals surface area contributed by atoms with Crippen LogP contribution in [0.1, 0.15) is 17.3 Å². The number of ether oxygens (including phenoxy) is 1. The Morgan fingerprint density at radius 2 is 1.88 bits per heavy atom. The summed E-state index contributed by atoms with van der Waals surface area (Å²) >= 11 is 2.16. The maximum absolute atomic E-state index is 11.7. The minimum absolute atomic E-state index is 0.283. The molecule has 0 aliphatic carbocycles. The zero-order valence-electron chi connectivity index (χ0n) is 8.99. The number of carbonyl (C=O) groups is 2. The topological polar surface area (TPSA) is 55.4 Å². The first-order valence-electron chi connectivity index (χ1n) is 4.69. The number of rotatable bonds is 3. The first-order chi connectivity index (χ1) is 7.54. The fourth-order valence-corrected chi connectivity index (χ4v) is 1.48. The summed E-state index contributed by atoms with van der Waals surface area (Å²) in [6.45, 7) is 1.58. The molecule has 5 heteroatoms. The third-order valence-corrected chi connectivity index (χ3v) is 2.73. The van der Waals surface area contributed by atoms with Crippen molar-refractivity contribution in [2.45, 2.75) is 13.0 Å². The van der Waals surface area contributed by atoms with Crippen LogP contribution in [0.3, 0.4) is 0 Å². The second-order valence-corrected chi connectivity index (χ2v) is 4.47. The normalized spacial score (nSPS) is 11.7. The van der Waals surface area contributed by atoms with Crippen LogP contribution in [-0.4, -0.2) is 25.0 Å². The number of methoxy groups -OCH3 is 1. The van der Waals surface area contributed by atoms with Crippen molar-refractivity contribution in [1.82, 2.24) is 5.32 Å². The van der Waals surface area contributed by atoms with E-state index < -0.39 is 12.0 Å². The molecule has 1 atom stereocenters. The Kier molecular flexibility index (Phi) is 4.72. The number of benzene rings is 1. The van der Waals surface area contributed by atoms with Gasteiger partial charge < -0.3 is 10.1 Å². The molecule has 0 heterocycles. The van der Waals surface area contributed by atoms with E-state index in [1.807, 2.05) is 12.1 Å². The average molecular weight is 333 g/mol. The van der Waals surface area contributed by atoms with E-state index in [0.717, 1.165) is 3.57 Å². The SMILES string of the molecule is COC(=O)[C@H](C)NC(=O)c1ccc(I)cc1. The van der Waals surface area contributed by atoms with Gasteiger partial charge >= 0.3 is 5.97 Å². The molecule has 0 radical (unpaired) electrons. The summed E-state index contributed by atoms with van der Waals surface area (Å²) in [6.07, 6.45) is 0. The Labute approximate surface area is 108 Å². The monoisotopic (exact) mass is 333 g/mol. The van der Waals surface area contributed by atoms with E-state index in [4.69, 9.17) is 0 Å². The van der Waals surface area contributed by atoms with Crippen LogP contribution >= 0.6 is 22.6 Å². The lowest BCUT2D eigenvalue weighted by Crippen LogP contribution is -2.39. The molecule has 16 heavy (non-hydrogen) atoms. The molecule has 0 fully saturated rings. The second-order valence-electron chi connectivity index (χ2n) is 3.23.